The fraction of sp³-hybridized carbons (Fsp3) is 0.500. The maximum Gasteiger partial charge on any atom is 0.410 e. The van der Waals surface area contributed by atoms with E-state index >= 15 is 0 Å². The number of benzene rings is 1. The van der Waals surface area contributed by atoms with Gasteiger partial charge in [0, 0.05) is 12.8 Å². The first-order valence-corrected chi connectivity index (χ1v) is 8.58. The van der Waals surface area contributed by atoms with Crippen molar-refractivity contribution in [3.05, 3.63) is 40.5 Å². The molecule has 1 aromatic rings. The summed E-state index contributed by atoms with van der Waals surface area (Å²) in [5.74, 6) is 0. The molecule has 0 spiro atoms. The van der Waals surface area contributed by atoms with Crippen LogP contribution in [0.25, 0.3) is 5.57 Å². The van der Waals surface area contributed by atoms with Crippen molar-refractivity contribution in [2.45, 2.75) is 59.2 Å². The zero-order chi connectivity index (χ0) is 17.5. The Bertz CT molecular complexity index is 726. The minimum Gasteiger partial charge on any atom is -0.444 e. The minimum absolute atomic E-state index is 0.0347. The van der Waals surface area contributed by atoms with Crippen LogP contribution in [0.15, 0.2) is 23.2 Å². The average Bonchev–Trinajstić information content (AvgIpc) is 2.91. The van der Waals surface area contributed by atoms with Crippen molar-refractivity contribution in [3.8, 4) is 0 Å². The summed E-state index contributed by atoms with van der Waals surface area (Å²) in [7, 11) is 0. The molecule has 4 heteroatoms. The molecule has 2 aliphatic rings. The normalized spacial score (nSPS) is 20.0. The number of rotatable bonds is 1. The van der Waals surface area contributed by atoms with E-state index in [2.05, 4.69) is 37.0 Å². The van der Waals surface area contributed by atoms with Crippen LogP contribution in [0.3, 0.4) is 0 Å². The van der Waals surface area contributed by atoms with Crippen molar-refractivity contribution in [2.75, 3.05) is 6.54 Å². The quantitative estimate of drug-likeness (QED) is 0.770. The molecule has 24 heavy (non-hydrogen) atoms. The summed E-state index contributed by atoms with van der Waals surface area (Å²) in [4.78, 5) is 18.5. The van der Waals surface area contributed by atoms with Gasteiger partial charge in [-0.1, -0.05) is 6.08 Å². The molecule has 0 N–H and O–H groups in total. The van der Waals surface area contributed by atoms with Crippen LogP contribution in [-0.2, 0) is 11.3 Å². The lowest BCUT2D eigenvalue weighted by Gasteiger charge is -2.34. The summed E-state index contributed by atoms with van der Waals surface area (Å²) in [6.45, 7) is 11.4. The number of nitrogens with zero attached hydrogens (tertiary/aromatic N) is 2. The summed E-state index contributed by atoms with van der Waals surface area (Å²) in [5, 5.41) is 0. The molecule has 1 amide bonds. The molecule has 0 radical (unpaired) electrons. The van der Waals surface area contributed by atoms with Gasteiger partial charge >= 0.3 is 6.09 Å². The highest BCUT2D eigenvalue weighted by Crippen LogP contribution is 2.31. The molecule has 1 unspecified atom stereocenters. The van der Waals surface area contributed by atoms with Gasteiger partial charge in [0.15, 0.2) is 0 Å². The Morgan fingerprint density at radius 2 is 2.08 bits per heavy atom. The fourth-order valence-corrected chi connectivity index (χ4v) is 3.33. The summed E-state index contributed by atoms with van der Waals surface area (Å²) in [6.07, 6.45) is 4.76. The van der Waals surface area contributed by atoms with Gasteiger partial charge in [-0.3, -0.25) is 4.99 Å². The van der Waals surface area contributed by atoms with Crippen LogP contribution >= 0.6 is 0 Å². The largest absolute Gasteiger partial charge is 0.444 e. The average molecular weight is 326 g/mol. The molecule has 0 aromatic heterocycles. The van der Waals surface area contributed by atoms with E-state index in [-0.39, 0.29) is 12.1 Å². The lowest BCUT2D eigenvalue weighted by molar-refractivity contribution is 0.0209. The summed E-state index contributed by atoms with van der Waals surface area (Å²) in [5.41, 5.74) is 5.93. The standard InChI is InChI=1S/C20H26N2O2/c1-13-8-16-11-21-12-17(16)10-18(13)15-6-7-22(14(2)9-15)19(23)24-20(3,4)5/h8-11,14H,6-7,12H2,1-5H3. The number of aryl methyl sites for hydroxylation is 1. The zero-order valence-corrected chi connectivity index (χ0v) is 15.2. The molecule has 0 saturated carbocycles. The van der Waals surface area contributed by atoms with Crippen LogP contribution in [0.2, 0.25) is 0 Å². The number of hydrogen-bond acceptors (Lipinski definition) is 3. The van der Waals surface area contributed by atoms with Gasteiger partial charge < -0.3 is 9.64 Å². The first kappa shape index (κ1) is 16.7. The van der Waals surface area contributed by atoms with Gasteiger partial charge in [0.2, 0.25) is 0 Å². The first-order valence-electron chi connectivity index (χ1n) is 8.58. The maximum absolute atomic E-state index is 12.3. The predicted molar refractivity (Wildman–Crippen MR) is 97.5 cm³/mol. The Morgan fingerprint density at radius 3 is 2.75 bits per heavy atom. The number of carbonyl (C=O) groups is 1. The molecule has 1 atom stereocenters. The van der Waals surface area contributed by atoms with E-state index in [0.717, 1.165) is 13.0 Å². The smallest absolute Gasteiger partial charge is 0.410 e. The van der Waals surface area contributed by atoms with Gasteiger partial charge in [-0.05, 0) is 81.0 Å². The lowest BCUT2D eigenvalue weighted by Crippen LogP contribution is -2.43. The van der Waals surface area contributed by atoms with E-state index < -0.39 is 5.60 Å². The number of carbonyl (C=O) groups excluding carboxylic acids is 1. The summed E-state index contributed by atoms with van der Waals surface area (Å²) < 4.78 is 5.51. The monoisotopic (exact) mass is 326 g/mol. The highest BCUT2D eigenvalue weighted by Gasteiger charge is 2.28. The third-order valence-electron chi connectivity index (χ3n) is 4.51. The number of ether oxygens (including phenoxy) is 1. The highest BCUT2D eigenvalue weighted by atomic mass is 16.6. The molecule has 0 saturated heterocycles. The van der Waals surface area contributed by atoms with Crippen molar-refractivity contribution in [1.29, 1.82) is 0 Å². The van der Waals surface area contributed by atoms with Crippen molar-refractivity contribution >= 4 is 17.9 Å². The van der Waals surface area contributed by atoms with Crippen LogP contribution in [-0.4, -0.2) is 35.4 Å². The Balaban J connectivity index is 1.81. The maximum atomic E-state index is 12.3. The van der Waals surface area contributed by atoms with Gasteiger partial charge in [0.1, 0.15) is 5.60 Å². The second kappa shape index (κ2) is 6.08. The Labute approximate surface area is 144 Å². The van der Waals surface area contributed by atoms with Gasteiger partial charge in [0.05, 0.1) is 12.6 Å². The van der Waals surface area contributed by atoms with E-state index in [1.807, 2.05) is 27.0 Å². The Hall–Kier alpha value is -2.10. The van der Waals surface area contributed by atoms with Crippen molar-refractivity contribution < 1.29 is 9.53 Å². The van der Waals surface area contributed by atoms with Crippen LogP contribution in [0.5, 0.6) is 0 Å². The molecule has 1 aromatic carbocycles. The first-order chi connectivity index (χ1) is 11.2. The van der Waals surface area contributed by atoms with Crippen LogP contribution in [0, 0.1) is 6.92 Å². The molecular formula is C20H26N2O2. The van der Waals surface area contributed by atoms with E-state index in [1.54, 1.807) is 4.90 Å². The minimum atomic E-state index is -0.461. The number of aliphatic imine (C=N–C) groups is 1. The van der Waals surface area contributed by atoms with Gasteiger partial charge in [0.25, 0.3) is 0 Å². The SMILES string of the molecule is Cc1cc2c(cc1C1=CC(C)N(C(=O)OC(C)(C)C)CC1)CN=C2. The third kappa shape index (κ3) is 3.37. The molecule has 0 fully saturated rings. The van der Waals surface area contributed by atoms with Gasteiger partial charge in [-0.15, -0.1) is 0 Å². The number of fused-ring (bicyclic) bond motifs is 1. The summed E-state index contributed by atoms with van der Waals surface area (Å²) >= 11 is 0. The Morgan fingerprint density at radius 1 is 1.33 bits per heavy atom. The third-order valence-corrected chi connectivity index (χ3v) is 4.51. The van der Waals surface area contributed by atoms with Crippen molar-refractivity contribution in [2.24, 2.45) is 4.99 Å². The molecule has 0 bridgehead atoms. The molecule has 4 nitrogen and oxygen atoms in total. The Kier molecular flexibility index (Phi) is 4.24. The number of amides is 1. The van der Waals surface area contributed by atoms with Crippen LogP contribution < -0.4 is 0 Å². The topological polar surface area (TPSA) is 41.9 Å². The van der Waals surface area contributed by atoms with Crippen molar-refractivity contribution in [1.82, 2.24) is 4.90 Å². The van der Waals surface area contributed by atoms with E-state index in [1.165, 1.54) is 27.8 Å². The lowest BCUT2D eigenvalue weighted by atomic mass is 9.90. The van der Waals surface area contributed by atoms with Crippen LogP contribution in [0.1, 0.15) is 56.4 Å². The molecular weight excluding hydrogens is 300 g/mol. The van der Waals surface area contributed by atoms with Gasteiger partial charge in [-0.2, -0.15) is 0 Å². The van der Waals surface area contributed by atoms with E-state index in [4.69, 9.17) is 4.74 Å². The molecule has 128 valence electrons. The van der Waals surface area contributed by atoms with Crippen molar-refractivity contribution in [3.63, 3.8) is 0 Å². The van der Waals surface area contributed by atoms with Gasteiger partial charge in [-0.25, -0.2) is 4.79 Å². The fourth-order valence-electron chi connectivity index (χ4n) is 3.33. The molecule has 2 aliphatic heterocycles. The van der Waals surface area contributed by atoms with Crippen LogP contribution in [0.4, 0.5) is 4.79 Å². The molecule has 2 heterocycles. The highest BCUT2D eigenvalue weighted by molar-refractivity contribution is 5.86. The predicted octanol–water partition coefficient (Wildman–Crippen LogP) is 4.34. The summed E-state index contributed by atoms with van der Waals surface area (Å²) in [6, 6.07) is 4.51. The second-order valence-electron chi connectivity index (χ2n) is 7.69. The van der Waals surface area contributed by atoms with E-state index in [0.29, 0.717) is 6.54 Å². The number of hydrogen-bond donors (Lipinski definition) is 0. The second-order valence-corrected chi connectivity index (χ2v) is 7.69. The van der Waals surface area contributed by atoms with E-state index in [9.17, 15) is 4.79 Å². The molecule has 0 aliphatic carbocycles. The zero-order valence-electron chi connectivity index (χ0n) is 15.2. The molecule has 3 rings (SSSR count).